The minimum absolute atomic E-state index is 0.455. The maximum Gasteiger partial charge on any atom is 0.143 e. The molecule has 3 nitrogen and oxygen atoms in total. The molecule has 0 saturated heterocycles. The molecule has 1 heterocycles. The molecule has 0 atom stereocenters. The van der Waals surface area contributed by atoms with E-state index in [1.54, 1.807) is 0 Å². The van der Waals surface area contributed by atoms with Gasteiger partial charge in [-0.25, -0.2) is 0 Å². The molecule has 0 bridgehead atoms. The quantitative estimate of drug-likeness (QED) is 0.790. The van der Waals surface area contributed by atoms with Crippen LogP contribution in [-0.4, -0.2) is 14.8 Å². The van der Waals surface area contributed by atoms with Gasteiger partial charge in [0.25, 0.3) is 0 Å². The molecule has 0 aromatic carbocycles. The third-order valence-corrected chi connectivity index (χ3v) is 4.17. The zero-order valence-corrected chi connectivity index (χ0v) is 12.4. The van der Waals surface area contributed by atoms with Crippen molar-refractivity contribution >= 4 is 15.9 Å². The molecule has 1 aromatic heterocycles. The second-order valence-corrected chi connectivity index (χ2v) is 5.90. The smallest absolute Gasteiger partial charge is 0.143 e. The van der Waals surface area contributed by atoms with Crippen LogP contribution in [0.2, 0.25) is 0 Å². The number of nitrogens with zero attached hydrogens (tertiary/aromatic N) is 3. The largest absolute Gasteiger partial charge is 0.312 e. The van der Waals surface area contributed by atoms with E-state index in [0.717, 1.165) is 23.5 Å². The van der Waals surface area contributed by atoms with Crippen LogP contribution in [0.3, 0.4) is 0 Å². The van der Waals surface area contributed by atoms with Gasteiger partial charge >= 0.3 is 0 Å². The van der Waals surface area contributed by atoms with E-state index in [-0.39, 0.29) is 0 Å². The lowest BCUT2D eigenvalue weighted by Gasteiger charge is -2.22. The molecule has 0 spiro atoms. The van der Waals surface area contributed by atoms with E-state index in [4.69, 9.17) is 0 Å². The Hall–Kier alpha value is -0.380. The number of aromatic nitrogens is 3. The molecule has 1 aromatic rings. The minimum atomic E-state index is 0.455. The van der Waals surface area contributed by atoms with Gasteiger partial charge in [-0.05, 0) is 19.8 Å². The molecular weight excluding hydrogens is 278 g/mol. The standard InChI is InChI=1S/C13H22BrN3/c1-10(2)17-12(15-16-13(17)9-14)8-11-6-4-3-5-7-11/h10-11H,3-9H2,1-2H3. The maximum atomic E-state index is 4.39. The van der Waals surface area contributed by atoms with Gasteiger partial charge in [-0.1, -0.05) is 48.0 Å². The highest BCUT2D eigenvalue weighted by molar-refractivity contribution is 9.08. The minimum Gasteiger partial charge on any atom is -0.312 e. The summed E-state index contributed by atoms with van der Waals surface area (Å²) in [5, 5.41) is 9.47. The zero-order valence-electron chi connectivity index (χ0n) is 10.8. The maximum absolute atomic E-state index is 4.39. The molecule has 0 unspecified atom stereocenters. The Labute approximate surface area is 112 Å². The van der Waals surface area contributed by atoms with Crippen molar-refractivity contribution in [3.8, 4) is 0 Å². The fourth-order valence-electron chi connectivity index (χ4n) is 2.84. The van der Waals surface area contributed by atoms with E-state index < -0.39 is 0 Å². The Bertz CT molecular complexity index is 354. The van der Waals surface area contributed by atoms with Crippen LogP contribution in [0.15, 0.2) is 0 Å². The van der Waals surface area contributed by atoms with E-state index in [1.807, 2.05) is 0 Å². The summed E-state index contributed by atoms with van der Waals surface area (Å²) in [6.07, 6.45) is 8.05. The molecule has 2 rings (SSSR count). The molecule has 17 heavy (non-hydrogen) atoms. The Kier molecular flexibility index (Phi) is 4.60. The van der Waals surface area contributed by atoms with Gasteiger partial charge in [-0.3, -0.25) is 0 Å². The average Bonchev–Trinajstić information content (AvgIpc) is 2.73. The Balaban J connectivity index is 2.11. The van der Waals surface area contributed by atoms with Crippen LogP contribution in [0.5, 0.6) is 0 Å². The summed E-state index contributed by atoms with van der Waals surface area (Å²) >= 11 is 3.49. The first-order valence-electron chi connectivity index (χ1n) is 6.71. The molecule has 4 heteroatoms. The lowest BCUT2D eigenvalue weighted by Crippen LogP contribution is -2.15. The van der Waals surface area contributed by atoms with Crippen molar-refractivity contribution in [2.24, 2.45) is 5.92 Å². The third kappa shape index (κ3) is 3.09. The van der Waals surface area contributed by atoms with E-state index in [9.17, 15) is 0 Å². The van der Waals surface area contributed by atoms with Crippen molar-refractivity contribution in [3.63, 3.8) is 0 Å². The van der Waals surface area contributed by atoms with Gasteiger partial charge in [-0.2, -0.15) is 0 Å². The van der Waals surface area contributed by atoms with Crippen LogP contribution < -0.4 is 0 Å². The number of hydrogen-bond acceptors (Lipinski definition) is 2. The fourth-order valence-corrected chi connectivity index (χ4v) is 3.22. The van der Waals surface area contributed by atoms with E-state index >= 15 is 0 Å². The Morgan fingerprint density at radius 2 is 1.82 bits per heavy atom. The second-order valence-electron chi connectivity index (χ2n) is 5.34. The third-order valence-electron chi connectivity index (χ3n) is 3.67. The van der Waals surface area contributed by atoms with E-state index in [1.165, 1.54) is 37.9 Å². The summed E-state index contributed by atoms with van der Waals surface area (Å²) in [5.74, 6) is 3.07. The van der Waals surface area contributed by atoms with Crippen LogP contribution >= 0.6 is 15.9 Å². The molecule has 0 aliphatic heterocycles. The summed E-state index contributed by atoms with van der Waals surface area (Å²) in [7, 11) is 0. The van der Waals surface area contributed by atoms with Crippen LogP contribution in [-0.2, 0) is 11.8 Å². The van der Waals surface area contributed by atoms with Gasteiger partial charge in [0.05, 0.1) is 5.33 Å². The Morgan fingerprint density at radius 3 is 2.41 bits per heavy atom. The van der Waals surface area contributed by atoms with Gasteiger partial charge < -0.3 is 4.57 Å². The van der Waals surface area contributed by atoms with Crippen molar-refractivity contribution in [2.45, 2.75) is 63.7 Å². The molecule has 0 N–H and O–H groups in total. The number of rotatable bonds is 4. The van der Waals surface area contributed by atoms with Crippen LogP contribution in [0.25, 0.3) is 0 Å². The second kappa shape index (κ2) is 5.98. The number of alkyl halides is 1. The van der Waals surface area contributed by atoms with Gasteiger partial charge in [0.1, 0.15) is 11.6 Å². The van der Waals surface area contributed by atoms with Gasteiger partial charge in [0.15, 0.2) is 0 Å². The van der Waals surface area contributed by atoms with Gasteiger partial charge in [0, 0.05) is 12.5 Å². The number of halogens is 1. The zero-order chi connectivity index (χ0) is 12.3. The molecule has 0 amide bonds. The lowest BCUT2D eigenvalue weighted by molar-refractivity contribution is 0.345. The lowest BCUT2D eigenvalue weighted by atomic mass is 9.87. The van der Waals surface area contributed by atoms with E-state index in [2.05, 4.69) is 44.5 Å². The highest BCUT2D eigenvalue weighted by Crippen LogP contribution is 2.27. The van der Waals surface area contributed by atoms with Crippen molar-refractivity contribution in [1.82, 2.24) is 14.8 Å². The van der Waals surface area contributed by atoms with Crippen LogP contribution in [0, 0.1) is 5.92 Å². The predicted octanol–water partition coefficient (Wildman–Crippen LogP) is 3.88. The molecule has 1 aliphatic carbocycles. The Morgan fingerprint density at radius 1 is 1.18 bits per heavy atom. The number of hydrogen-bond donors (Lipinski definition) is 0. The molecule has 0 radical (unpaired) electrons. The molecule has 96 valence electrons. The van der Waals surface area contributed by atoms with Crippen molar-refractivity contribution in [1.29, 1.82) is 0 Å². The first kappa shape index (κ1) is 13.1. The normalized spacial score (nSPS) is 17.9. The average molecular weight is 300 g/mol. The van der Waals surface area contributed by atoms with Crippen LogP contribution in [0.4, 0.5) is 0 Å². The summed E-state index contributed by atoms with van der Waals surface area (Å²) in [6.45, 7) is 4.42. The topological polar surface area (TPSA) is 30.7 Å². The highest BCUT2D eigenvalue weighted by Gasteiger charge is 2.19. The predicted molar refractivity (Wildman–Crippen MR) is 73.3 cm³/mol. The molecule has 1 fully saturated rings. The summed E-state index contributed by atoms with van der Waals surface area (Å²) in [4.78, 5) is 0. The first-order chi connectivity index (χ1) is 8.22. The summed E-state index contributed by atoms with van der Waals surface area (Å²) in [6, 6.07) is 0.455. The molecular formula is C13H22BrN3. The SMILES string of the molecule is CC(C)n1c(CBr)nnc1CC1CCCCC1. The summed E-state index contributed by atoms with van der Waals surface area (Å²) in [5.41, 5.74) is 0. The van der Waals surface area contributed by atoms with E-state index in [0.29, 0.717) is 6.04 Å². The van der Waals surface area contributed by atoms with Crippen molar-refractivity contribution < 1.29 is 0 Å². The van der Waals surface area contributed by atoms with Crippen molar-refractivity contribution in [3.05, 3.63) is 11.6 Å². The fraction of sp³-hybridized carbons (Fsp3) is 0.846. The van der Waals surface area contributed by atoms with Gasteiger partial charge in [0.2, 0.25) is 0 Å². The molecule has 1 saturated carbocycles. The first-order valence-corrected chi connectivity index (χ1v) is 7.83. The molecule has 1 aliphatic rings. The van der Waals surface area contributed by atoms with Crippen LogP contribution in [0.1, 0.15) is 63.6 Å². The van der Waals surface area contributed by atoms with Gasteiger partial charge in [-0.15, -0.1) is 10.2 Å². The highest BCUT2D eigenvalue weighted by atomic mass is 79.9. The monoisotopic (exact) mass is 299 g/mol. The van der Waals surface area contributed by atoms with Crippen molar-refractivity contribution in [2.75, 3.05) is 0 Å². The summed E-state index contributed by atoms with van der Waals surface area (Å²) < 4.78 is 2.29.